The number of carboxylic acid groups (broad SMARTS) is 2. The first-order valence-corrected chi connectivity index (χ1v) is 10.8. The second-order valence-electron chi connectivity index (χ2n) is 6.35. The normalized spacial score (nSPS) is 26.1. The summed E-state index contributed by atoms with van der Waals surface area (Å²) in [5, 5.41) is 25.4. The number of fused-ring (bicyclic) bond motifs is 1. The molecule has 0 aromatic carbocycles. The third-order valence-electron chi connectivity index (χ3n) is 4.43. The van der Waals surface area contributed by atoms with Crippen LogP contribution in [-0.2, 0) is 24.0 Å². The standard InChI is InChI=1S/C16H15ClN4O7S2/c17-2-1-16(15(26)27)5-21-13(25)11(14(21)30-6-16)19-12(24)10(8-4-29-7-18-8)20-28-3-9(22)23/h1-2,4,7,11,14H,3,5-6H2,(H,19,24)(H,22,23)(H,26,27)/t11?,14-,16?/m1/s1. The van der Waals surface area contributed by atoms with E-state index >= 15 is 0 Å². The first-order valence-electron chi connectivity index (χ1n) is 8.33. The minimum atomic E-state index is -1.30. The van der Waals surface area contributed by atoms with Crippen LogP contribution >= 0.6 is 34.7 Å². The molecule has 1 aromatic heterocycles. The van der Waals surface area contributed by atoms with Crippen LogP contribution in [-0.4, -0.2) is 79.9 Å². The maximum atomic E-state index is 12.7. The van der Waals surface area contributed by atoms with Crippen molar-refractivity contribution in [3.63, 3.8) is 0 Å². The molecule has 30 heavy (non-hydrogen) atoms. The van der Waals surface area contributed by atoms with Gasteiger partial charge in [0.25, 0.3) is 5.91 Å². The highest BCUT2D eigenvalue weighted by Crippen LogP contribution is 2.43. The van der Waals surface area contributed by atoms with E-state index in [4.69, 9.17) is 16.7 Å². The summed E-state index contributed by atoms with van der Waals surface area (Å²) >= 11 is 7.97. The minimum absolute atomic E-state index is 0.0663. The Morgan fingerprint density at radius 2 is 2.23 bits per heavy atom. The summed E-state index contributed by atoms with van der Waals surface area (Å²) in [6.07, 6.45) is 1.34. The van der Waals surface area contributed by atoms with Gasteiger partial charge in [-0.05, 0) is 0 Å². The van der Waals surface area contributed by atoms with E-state index in [2.05, 4.69) is 20.3 Å². The summed E-state index contributed by atoms with van der Waals surface area (Å²) in [6.45, 7) is -0.815. The number of carbonyl (C=O) groups is 4. The number of hydrogen-bond donors (Lipinski definition) is 3. The van der Waals surface area contributed by atoms with E-state index in [-0.39, 0.29) is 23.7 Å². The van der Waals surface area contributed by atoms with E-state index in [0.717, 1.165) is 5.54 Å². The number of carbonyl (C=O) groups excluding carboxylic acids is 2. The summed E-state index contributed by atoms with van der Waals surface area (Å²) in [4.78, 5) is 57.5. The van der Waals surface area contributed by atoms with Gasteiger partial charge in [0.1, 0.15) is 22.5 Å². The molecule has 2 aliphatic rings. The monoisotopic (exact) mass is 474 g/mol. The molecule has 3 atom stereocenters. The van der Waals surface area contributed by atoms with Crippen LogP contribution in [0.15, 0.2) is 27.7 Å². The molecule has 2 fully saturated rings. The highest BCUT2D eigenvalue weighted by Gasteiger charge is 2.56. The van der Waals surface area contributed by atoms with Crippen LogP contribution in [0.25, 0.3) is 0 Å². The third-order valence-corrected chi connectivity index (χ3v) is 6.70. The topological polar surface area (TPSA) is 158 Å². The Kier molecular flexibility index (Phi) is 6.63. The summed E-state index contributed by atoms with van der Waals surface area (Å²) in [5.74, 6) is -3.41. The minimum Gasteiger partial charge on any atom is -0.481 e. The first-order chi connectivity index (χ1) is 14.3. The number of carboxylic acids is 2. The number of thiazole rings is 1. The molecular formula is C16H15ClN4O7S2. The number of oxime groups is 1. The van der Waals surface area contributed by atoms with Crippen molar-refractivity contribution in [3.8, 4) is 0 Å². The predicted molar refractivity (Wildman–Crippen MR) is 107 cm³/mol. The Balaban J connectivity index is 1.71. The SMILES string of the molecule is O=C(O)CON=C(C(=O)NC1C(=O)N2CC(C=CCl)(C(=O)O)CS[C@H]12)c1cscn1. The van der Waals surface area contributed by atoms with Crippen LogP contribution in [0.2, 0.25) is 0 Å². The van der Waals surface area contributed by atoms with Crippen LogP contribution in [0.5, 0.6) is 0 Å². The zero-order valence-corrected chi connectivity index (χ0v) is 17.4. The van der Waals surface area contributed by atoms with Crippen molar-refractivity contribution in [1.82, 2.24) is 15.2 Å². The van der Waals surface area contributed by atoms with Crippen molar-refractivity contribution in [2.24, 2.45) is 10.6 Å². The molecule has 3 heterocycles. The Morgan fingerprint density at radius 1 is 1.47 bits per heavy atom. The van der Waals surface area contributed by atoms with Crippen LogP contribution in [0.4, 0.5) is 0 Å². The summed E-state index contributed by atoms with van der Waals surface area (Å²) < 4.78 is 0. The third kappa shape index (κ3) is 4.27. The van der Waals surface area contributed by atoms with E-state index in [1.807, 2.05) is 0 Å². The van der Waals surface area contributed by atoms with Crippen molar-refractivity contribution < 1.29 is 34.2 Å². The number of amides is 2. The molecule has 160 valence electrons. The molecule has 3 rings (SSSR count). The number of rotatable bonds is 8. The van der Waals surface area contributed by atoms with Gasteiger partial charge in [-0.2, -0.15) is 0 Å². The van der Waals surface area contributed by atoms with E-state index in [1.165, 1.54) is 45.0 Å². The fraction of sp³-hybridized carbons (Fsp3) is 0.375. The lowest BCUT2D eigenvalue weighted by Crippen LogP contribution is -2.73. The molecule has 0 bridgehead atoms. The van der Waals surface area contributed by atoms with Gasteiger partial charge in [0.05, 0.1) is 5.51 Å². The van der Waals surface area contributed by atoms with Gasteiger partial charge in [-0.25, -0.2) is 9.78 Å². The number of aromatic nitrogens is 1. The molecule has 2 saturated heterocycles. The van der Waals surface area contributed by atoms with Gasteiger partial charge in [-0.1, -0.05) is 22.8 Å². The fourth-order valence-corrected chi connectivity index (χ4v) is 5.20. The van der Waals surface area contributed by atoms with Gasteiger partial charge >= 0.3 is 11.9 Å². The van der Waals surface area contributed by atoms with E-state index < -0.39 is 47.2 Å². The highest BCUT2D eigenvalue weighted by atomic mass is 35.5. The summed E-state index contributed by atoms with van der Waals surface area (Å²) in [7, 11) is 0. The van der Waals surface area contributed by atoms with E-state index in [1.54, 1.807) is 0 Å². The van der Waals surface area contributed by atoms with Gasteiger partial charge in [0.15, 0.2) is 5.71 Å². The number of nitrogens with zero attached hydrogens (tertiary/aromatic N) is 3. The lowest BCUT2D eigenvalue weighted by Gasteiger charge is -2.53. The van der Waals surface area contributed by atoms with Gasteiger partial charge < -0.3 is 25.3 Å². The van der Waals surface area contributed by atoms with E-state index in [0.29, 0.717) is 0 Å². The van der Waals surface area contributed by atoms with Crippen LogP contribution in [0.3, 0.4) is 0 Å². The highest BCUT2D eigenvalue weighted by molar-refractivity contribution is 8.00. The first kappa shape index (κ1) is 22.1. The number of hydrogen-bond acceptors (Lipinski definition) is 9. The summed E-state index contributed by atoms with van der Waals surface area (Å²) in [5.41, 5.74) is 1.17. The quantitative estimate of drug-likeness (QED) is 0.271. The Labute approximate surface area is 182 Å². The molecule has 2 amide bonds. The van der Waals surface area contributed by atoms with Crippen molar-refractivity contribution in [2.45, 2.75) is 11.4 Å². The maximum absolute atomic E-state index is 12.7. The molecule has 0 saturated carbocycles. The number of halogens is 1. The molecule has 0 aliphatic carbocycles. The van der Waals surface area contributed by atoms with Crippen molar-refractivity contribution >= 4 is 64.2 Å². The van der Waals surface area contributed by atoms with Crippen LogP contribution in [0.1, 0.15) is 5.69 Å². The summed E-state index contributed by atoms with van der Waals surface area (Å²) in [6, 6.07) is -0.891. The predicted octanol–water partition coefficient (Wildman–Crippen LogP) is 0.172. The molecule has 0 radical (unpaired) electrons. The molecule has 2 aliphatic heterocycles. The number of thioether (sulfide) groups is 1. The average Bonchev–Trinajstić information content (AvgIpc) is 3.23. The lowest BCUT2D eigenvalue weighted by molar-refractivity contribution is -0.156. The average molecular weight is 475 g/mol. The van der Waals surface area contributed by atoms with E-state index in [9.17, 15) is 24.3 Å². The Morgan fingerprint density at radius 3 is 2.83 bits per heavy atom. The molecule has 3 N–H and O–H groups in total. The lowest BCUT2D eigenvalue weighted by atomic mass is 9.87. The maximum Gasteiger partial charge on any atom is 0.344 e. The van der Waals surface area contributed by atoms with Crippen LogP contribution in [0, 0.1) is 5.41 Å². The Hall–Kier alpha value is -2.64. The van der Waals surface area contributed by atoms with Crippen molar-refractivity contribution in [3.05, 3.63) is 28.2 Å². The molecule has 2 unspecified atom stereocenters. The number of β-lactam (4-membered cyclic amide) rings is 1. The molecule has 1 aromatic rings. The number of aliphatic carboxylic acids is 2. The molecule has 14 heteroatoms. The van der Waals surface area contributed by atoms with Gasteiger partial charge in [0.2, 0.25) is 12.5 Å². The zero-order chi connectivity index (χ0) is 21.9. The second-order valence-corrected chi connectivity index (χ2v) is 8.43. The number of nitrogens with one attached hydrogen (secondary N) is 1. The molecule has 11 nitrogen and oxygen atoms in total. The van der Waals surface area contributed by atoms with Gasteiger partial charge in [-0.3, -0.25) is 14.4 Å². The second kappa shape index (κ2) is 9.02. The van der Waals surface area contributed by atoms with Gasteiger partial charge in [0, 0.05) is 23.2 Å². The van der Waals surface area contributed by atoms with Crippen molar-refractivity contribution in [1.29, 1.82) is 0 Å². The molecule has 0 spiro atoms. The smallest absolute Gasteiger partial charge is 0.344 e. The van der Waals surface area contributed by atoms with Crippen LogP contribution < -0.4 is 5.32 Å². The Bertz CT molecular complexity index is 923. The largest absolute Gasteiger partial charge is 0.481 e. The fourth-order valence-electron chi connectivity index (χ4n) is 2.91. The molecular weight excluding hydrogens is 460 g/mol. The zero-order valence-electron chi connectivity index (χ0n) is 15.1. The van der Waals surface area contributed by atoms with Gasteiger partial charge in [-0.15, -0.1) is 23.1 Å². The van der Waals surface area contributed by atoms with Crippen molar-refractivity contribution in [2.75, 3.05) is 18.9 Å².